The molecule has 0 amide bonds. The molecule has 1 aromatic carbocycles. The van der Waals surface area contributed by atoms with E-state index >= 15 is 0 Å². The Balaban J connectivity index is 3.08. The monoisotopic (exact) mass is 322 g/mol. The topological polar surface area (TPSA) is 46.5 Å². The quantitative estimate of drug-likeness (QED) is 0.462. The van der Waals surface area contributed by atoms with Gasteiger partial charge in [0.25, 0.3) is 0 Å². The molecule has 3 nitrogen and oxygen atoms in total. The largest absolute Gasteiger partial charge is 0.326 e. The summed E-state index contributed by atoms with van der Waals surface area (Å²) in [6.45, 7) is 7.98. The van der Waals surface area contributed by atoms with Gasteiger partial charge in [-0.05, 0) is 36.1 Å². The van der Waals surface area contributed by atoms with Crippen LogP contribution in [0, 0.1) is 11.8 Å². The highest BCUT2D eigenvalue weighted by Gasteiger charge is 2.41. The van der Waals surface area contributed by atoms with E-state index in [1.165, 1.54) is 11.8 Å². The molecule has 1 N–H and O–H groups in total. The molecule has 0 saturated carbocycles. The fourth-order valence-corrected chi connectivity index (χ4v) is 4.35. The van der Waals surface area contributed by atoms with Crippen molar-refractivity contribution >= 4 is 31.6 Å². The molecule has 19 heavy (non-hydrogen) atoms. The highest BCUT2D eigenvalue weighted by Crippen LogP contribution is 2.49. The molecule has 0 fully saturated rings. The first-order valence-corrected chi connectivity index (χ1v) is 8.60. The zero-order valence-corrected chi connectivity index (χ0v) is 14.1. The van der Waals surface area contributed by atoms with Crippen LogP contribution in [0.25, 0.3) is 0 Å². The second-order valence-corrected chi connectivity index (χ2v) is 7.44. The third-order valence-corrected chi connectivity index (χ3v) is 5.71. The van der Waals surface area contributed by atoms with Gasteiger partial charge in [-0.2, -0.15) is 0 Å². The lowest BCUT2D eigenvalue weighted by Gasteiger charge is -2.39. The molecule has 0 saturated heterocycles. The van der Waals surface area contributed by atoms with E-state index in [2.05, 4.69) is 0 Å². The van der Waals surface area contributed by atoms with Gasteiger partial charge in [-0.15, -0.1) is 0 Å². The minimum atomic E-state index is -3.00. The SMILES string of the molecule is CC(C)C(O[PH](=O)O)(Sc1ccc(Cl)cc1)C(C)C. The molecule has 0 aliphatic carbocycles. The summed E-state index contributed by atoms with van der Waals surface area (Å²) in [6.07, 6.45) is 0. The van der Waals surface area contributed by atoms with Crippen LogP contribution >= 0.6 is 31.6 Å². The summed E-state index contributed by atoms with van der Waals surface area (Å²) >= 11 is 7.34. The number of benzene rings is 1. The van der Waals surface area contributed by atoms with Gasteiger partial charge in [-0.1, -0.05) is 51.1 Å². The molecule has 0 spiro atoms. The first-order chi connectivity index (χ1) is 8.78. The summed E-state index contributed by atoms with van der Waals surface area (Å²) in [6, 6.07) is 7.39. The van der Waals surface area contributed by atoms with Crippen molar-refractivity contribution in [2.24, 2.45) is 11.8 Å². The predicted octanol–water partition coefficient (Wildman–Crippen LogP) is 4.84. The molecule has 0 aromatic heterocycles. The predicted molar refractivity (Wildman–Crippen MR) is 82.0 cm³/mol. The van der Waals surface area contributed by atoms with Crippen LogP contribution in [0.4, 0.5) is 0 Å². The second-order valence-electron chi connectivity index (χ2n) is 4.95. The van der Waals surface area contributed by atoms with E-state index in [1.807, 2.05) is 39.8 Å². The molecule has 1 atom stereocenters. The fourth-order valence-electron chi connectivity index (χ4n) is 1.98. The van der Waals surface area contributed by atoms with Gasteiger partial charge < -0.3 is 4.89 Å². The maximum absolute atomic E-state index is 11.2. The van der Waals surface area contributed by atoms with E-state index in [1.54, 1.807) is 12.1 Å². The minimum Gasteiger partial charge on any atom is -0.326 e. The van der Waals surface area contributed by atoms with Crippen molar-refractivity contribution in [1.29, 1.82) is 0 Å². The van der Waals surface area contributed by atoms with Gasteiger partial charge in [0, 0.05) is 9.92 Å². The molecule has 1 unspecified atom stereocenters. The Morgan fingerprint density at radius 2 is 1.68 bits per heavy atom. The number of halogens is 1. The molecule has 1 rings (SSSR count). The Labute approximate surface area is 124 Å². The maximum Gasteiger partial charge on any atom is 0.317 e. The Kier molecular flexibility index (Phi) is 6.41. The van der Waals surface area contributed by atoms with Crippen LogP contribution in [0.5, 0.6) is 0 Å². The third-order valence-electron chi connectivity index (χ3n) is 2.95. The van der Waals surface area contributed by atoms with Gasteiger partial charge in [-0.25, -0.2) is 0 Å². The summed E-state index contributed by atoms with van der Waals surface area (Å²) in [4.78, 5) is 9.44. The van der Waals surface area contributed by atoms with Gasteiger partial charge in [0.15, 0.2) is 0 Å². The summed E-state index contributed by atoms with van der Waals surface area (Å²) in [5.41, 5.74) is 0. The molecule has 0 aliphatic heterocycles. The van der Waals surface area contributed by atoms with E-state index in [4.69, 9.17) is 16.1 Å². The van der Waals surface area contributed by atoms with Gasteiger partial charge >= 0.3 is 8.25 Å². The molecule has 0 aliphatic rings. The molecule has 1 aromatic rings. The normalized spacial score (nSPS) is 14.1. The van der Waals surface area contributed by atoms with Crippen LogP contribution in [0.1, 0.15) is 27.7 Å². The Morgan fingerprint density at radius 3 is 2.05 bits per heavy atom. The summed E-state index contributed by atoms with van der Waals surface area (Å²) in [7, 11) is -3.00. The Morgan fingerprint density at radius 1 is 1.21 bits per heavy atom. The molecule has 0 radical (unpaired) electrons. The van der Waals surface area contributed by atoms with Crippen molar-refractivity contribution in [3.05, 3.63) is 29.3 Å². The van der Waals surface area contributed by atoms with Crippen molar-refractivity contribution in [1.82, 2.24) is 0 Å². The summed E-state index contributed by atoms with van der Waals surface area (Å²) in [5, 5.41) is 0.667. The summed E-state index contributed by atoms with van der Waals surface area (Å²) < 4.78 is 16.6. The molecule has 0 bridgehead atoms. The molecular weight excluding hydrogens is 303 g/mol. The Hall–Kier alpha value is 0.01000. The van der Waals surface area contributed by atoms with Crippen LogP contribution in [-0.2, 0) is 9.09 Å². The lowest BCUT2D eigenvalue weighted by Crippen LogP contribution is -2.38. The van der Waals surface area contributed by atoms with Crippen molar-refractivity contribution in [3.8, 4) is 0 Å². The summed E-state index contributed by atoms with van der Waals surface area (Å²) in [5.74, 6) is 0.184. The lowest BCUT2D eigenvalue weighted by atomic mass is 9.96. The van der Waals surface area contributed by atoms with Crippen LogP contribution < -0.4 is 0 Å². The van der Waals surface area contributed by atoms with Gasteiger partial charge in [0.05, 0.1) is 0 Å². The smallest absolute Gasteiger partial charge is 0.317 e. The van der Waals surface area contributed by atoms with Crippen molar-refractivity contribution in [2.75, 3.05) is 0 Å². The first-order valence-electron chi connectivity index (χ1n) is 6.14. The van der Waals surface area contributed by atoms with Gasteiger partial charge in [-0.3, -0.25) is 9.09 Å². The minimum absolute atomic E-state index is 0.0919. The van der Waals surface area contributed by atoms with Crippen LogP contribution in [-0.4, -0.2) is 9.83 Å². The van der Waals surface area contributed by atoms with E-state index in [0.29, 0.717) is 5.02 Å². The first kappa shape index (κ1) is 17.1. The van der Waals surface area contributed by atoms with Crippen molar-refractivity contribution in [3.63, 3.8) is 0 Å². The molecule has 6 heteroatoms. The highest BCUT2D eigenvalue weighted by molar-refractivity contribution is 8.00. The van der Waals surface area contributed by atoms with E-state index in [-0.39, 0.29) is 11.8 Å². The van der Waals surface area contributed by atoms with E-state index in [9.17, 15) is 9.46 Å². The zero-order chi connectivity index (χ0) is 14.6. The van der Waals surface area contributed by atoms with Crippen molar-refractivity contribution < 1.29 is 14.0 Å². The average molecular weight is 323 g/mol. The second kappa shape index (κ2) is 7.14. The lowest BCUT2D eigenvalue weighted by molar-refractivity contribution is 0.0651. The zero-order valence-electron chi connectivity index (χ0n) is 11.5. The van der Waals surface area contributed by atoms with Crippen LogP contribution in [0.15, 0.2) is 29.2 Å². The van der Waals surface area contributed by atoms with Crippen LogP contribution in [0.3, 0.4) is 0 Å². The van der Waals surface area contributed by atoms with Crippen molar-refractivity contribution in [2.45, 2.75) is 37.5 Å². The van der Waals surface area contributed by atoms with Gasteiger partial charge in [0.1, 0.15) is 4.93 Å². The standard InChI is InChI=1S/C13H20ClO3PS/c1-9(2)13(10(3)4,17-18(15)16)19-12-7-5-11(14)6-8-12/h5-10,18H,1-4H3,(H,15,16). The number of hydrogen-bond acceptors (Lipinski definition) is 3. The highest BCUT2D eigenvalue weighted by atomic mass is 35.5. The molecular formula is C13H20ClO3PS. The number of hydrogen-bond donors (Lipinski definition) is 1. The Bertz CT molecular complexity index is 426. The number of thioether (sulfide) groups is 1. The maximum atomic E-state index is 11.2. The molecule has 0 heterocycles. The van der Waals surface area contributed by atoms with Crippen LogP contribution in [0.2, 0.25) is 5.02 Å². The van der Waals surface area contributed by atoms with Gasteiger partial charge in [0.2, 0.25) is 0 Å². The fraction of sp³-hybridized carbons (Fsp3) is 0.538. The van der Waals surface area contributed by atoms with E-state index in [0.717, 1.165) is 4.90 Å². The number of rotatable bonds is 6. The molecule has 108 valence electrons. The third kappa shape index (κ3) is 4.51. The average Bonchev–Trinajstić information content (AvgIpc) is 2.29. The van der Waals surface area contributed by atoms with E-state index < -0.39 is 13.2 Å².